The molecule has 3 heteroatoms. The monoisotopic (exact) mass is 274 g/mol. The summed E-state index contributed by atoms with van der Waals surface area (Å²) in [5.74, 6) is 0.844. The van der Waals surface area contributed by atoms with Gasteiger partial charge in [0.25, 0.3) is 0 Å². The molecule has 1 aromatic carbocycles. The molecule has 2 unspecified atom stereocenters. The molecule has 1 saturated carbocycles. The van der Waals surface area contributed by atoms with Gasteiger partial charge < -0.3 is 10.2 Å². The van der Waals surface area contributed by atoms with E-state index < -0.39 is 0 Å². The summed E-state index contributed by atoms with van der Waals surface area (Å²) in [6.07, 6.45) is 5.28. The van der Waals surface area contributed by atoms with E-state index in [1.807, 2.05) is 7.05 Å². The molecule has 0 heterocycles. The Kier molecular flexibility index (Phi) is 5.05. The van der Waals surface area contributed by atoms with Crippen molar-refractivity contribution in [2.45, 2.75) is 52.1 Å². The second kappa shape index (κ2) is 6.78. The van der Waals surface area contributed by atoms with Gasteiger partial charge in [-0.15, -0.1) is 0 Å². The first-order valence-corrected chi connectivity index (χ1v) is 7.63. The molecule has 3 nitrogen and oxygen atoms in total. The van der Waals surface area contributed by atoms with Crippen LogP contribution in [0.4, 0.5) is 5.69 Å². The molecule has 20 heavy (non-hydrogen) atoms. The minimum Gasteiger partial charge on any atom is -0.382 e. The van der Waals surface area contributed by atoms with Crippen LogP contribution in [0.15, 0.2) is 24.3 Å². The first-order chi connectivity index (χ1) is 9.56. The van der Waals surface area contributed by atoms with Crippen LogP contribution in [0.3, 0.4) is 0 Å². The fourth-order valence-electron chi connectivity index (χ4n) is 2.89. The lowest BCUT2D eigenvalue weighted by Gasteiger charge is -2.30. The molecule has 2 atom stereocenters. The minimum absolute atomic E-state index is 0.101. The molecular formula is C17H26N2O. The Balaban J connectivity index is 2.00. The van der Waals surface area contributed by atoms with Gasteiger partial charge in [-0.2, -0.15) is 0 Å². The molecule has 0 bridgehead atoms. The van der Waals surface area contributed by atoms with Crippen molar-refractivity contribution in [3.63, 3.8) is 0 Å². The molecule has 0 radical (unpaired) electrons. The predicted octanol–water partition coefficient (Wildman–Crippen LogP) is 3.66. The Morgan fingerprint density at radius 3 is 2.80 bits per heavy atom. The average molecular weight is 274 g/mol. The standard InChI is InChI=1S/C17H26N2O/c1-13-7-4-5-10-17(13)18-16-9-6-8-15(11-16)12-19(3)14(2)20/h6,8-9,11,13,17-18H,4-5,7,10,12H2,1-3H3. The van der Waals surface area contributed by atoms with Crippen LogP contribution >= 0.6 is 0 Å². The summed E-state index contributed by atoms with van der Waals surface area (Å²) in [5.41, 5.74) is 2.36. The molecule has 110 valence electrons. The number of rotatable bonds is 4. The summed E-state index contributed by atoms with van der Waals surface area (Å²) >= 11 is 0. The highest BCUT2D eigenvalue weighted by atomic mass is 16.2. The molecule has 0 spiro atoms. The van der Waals surface area contributed by atoms with Crippen molar-refractivity contribution >= 4 is 11.6 Å². The van der Waals surface area contributed by atoms with Crippen LogP contribution in [-0.4, -0.2) is 23.9 Å². The number of carbonyl (C=O) groups excluding carboxylic acids is 1. The Hall–Kier alpha value is -1.51. The molecule has 2 rings (SSSR count). The van der Waals surface area contributed by atoms with Gasteiger partial charge >= 0.3 is 0 Å². The topological polar surface area (TPSA) is 32.3 Å². The zero-order chi connectivity index (χ0) is 14.5. The smallest absolute Gasteiger partial charge is 0.219 e. The number of hydrogen-bond acceptors (Lipinski definition) is 2. The van der Waals surface area contributed by atoms with E-state index in [2.05, 4.69) is 36.5 Å². The third kappa shape index (κ3) is 3.99. The quantitative estimate of drug-likeness (QED) is 0.909. The van der Waals surface area contributed by atoms with E-state index in [9.17, 15) is 4.79 Å². The van der Waals surface area contributed by atoms with Crippen LogP contribution in [-0.2, 0) is 11.3 Å². The van der Waals surface area contributed by atoms with E-state index >= 15 is 0 Å². The van der Waals surface area contributed by atoms with Crippen molar-refractivity contribution in [2.24, 2.45) is 5.92 Å². The minimum atomic E-state index is 0.101. The summed E-state index contributed by atoms with van der Waals surface area (Å²) in [6, 6.07) is 9.03. The first-order valence-electron chi connectivity index (χ1n) is 7.63. The van der Waals surface area contributed by atoms with Gasteiger partial charge in [-0.05, 0) is 36.5 Å². The number of benzene rings is 1. The number of carbonyl (C=O) groups is 1. The second-order valence-electron chi connectivity index (χ2n) is 6.09. The molecule has 1 fully saturated rings. The first kappa shape index (κ1) is 14.9. The van der Waals surface area contributed by atoms with E-state index in [0.29, 0.717) is 12.6 Å². The highest BCUT2D eigenvalue weighted by molar-refractivity contribution is 5.72. The Morgan fingerprint density at radius 2 is 2.10 bits per heavy atom. The third-order valence-electron chi connectivity index (χ3n) is 4.35. The summed E-state index contributed by atoms with van der Waals surface area (Å²) in [6.45, 7) is 4.61. The predicted molar refractivity (Wildman–Crippen MR) is 83.6 cm³/mol. The fraction of sp³-hybridized carbons (Fsp3) is 0.588. The number of anilines is 1. The third-order valence-corrected chi connectivity index (χ3v) is 4.35. The molecule has 1 aliphatic rings. The summed E-state index contributed by atoms with van der Waals surface area (Å²) in [5, 5.41) is 3.67. The number of hydrogen-bond donors (Lipinski definition) is 1. The van der Waals surface area contributed by atoms with Crippen molar-refractivity contribution in [1.29, 1.82) is 0 Å². The largest absolute Gasteiger partial charge is 0.382 e. The van der Waals surface area contributed by atoms with E-state index in [1.165, 1.54) is 36.9 Å². The Morgan fingerprint density at radius 1 is 1.35 bits per heavy atom. The van der Waals surface area contributed by atoms with Gasteiger partial charge in [0.2, 0.25) is 5.91 Å². The lowest BCUT2D eigenvalue weighted by molar-refractivity contribution is -0.128. The van der Waals surface area contributed by atoms with Crippen LogP contribution in [0.25, 0.3) is 0 Å². The second-order valence-corrected chi connectivity index (χ2v) is 6.09. The lowest BCUT2D eigenvalue weighted by Crippen LogP contribution is -2.30. The lowest BCUT2D eigenvalue weighted by atomic mass is 9.86. The van der Waals surface area contributed by atoms with Crippen molar-refractivity contribution in [1.82, 2.24) is 4.90 Å². The maximum atomic E-state index is 11.3. The molecule has 0 saturated heterocycles. The van der Waals surface area contributed by atoms with E-state index in [4.69, 9.17) is 0 Å². The zero-order valence-electron chi connectivity index (χ0n) is 12.9. The molecule has 0 aromatic heterocycles. The summed E-state index contributed by atoms with van der Waals surface area (Å²) < 4.78 is 0. The van der Waals surface area contributed by atoms with Gasteiger partial charge in [0, 0.05) is 32.2 Å². The maximum absolute atomic E-state index is 11.3. The average Bonchev–Trinajstić information content (AvgIpc) is 2.42. The normalized spacial score (nSPS) is 22.4. The van der Waals surface area contributed by atoms with Gasteiger partial charge in [-0.1, -0.05) is 31.9 Å². The van der Waals surface area contributed by atoms with Crippen LogP contribution in [0.5, 0.6) is 0 Å². The van der Waals surface area contributed by atoms with E-state index in [1.54, 1.807) is 11.8 Å². The number of amides is 1. The zero-order valence-corrected chi connectivity index (χ0v) is 12.9. The highest BCUT2D eigenvalue weighted by Gasteiger charge is 2.20. The summed E-state index contributed by atoms with van der Waals surface area (Å²) in [4.78, 5) is 13.0. The van der Waals surface area contributed by atoms with Gasteiger partial charge in [0.1, 0.15) is 0 Å². The SMILES string of the molecule is CC(=O)N(C)Cc1cccc(NC2CCCCC2C)c1. The van der Waals surface area contributed by atoms with E-state index in [0.717, 1.165) is 5.92 Å². The highest BCUT2D eigenvalue weighted by Crippen LogP contribution is 2.27. The number of nitrogens with zero attached hydrogens (tertiary/aromatic N) is 1. The van der Waals surface area contributed by atoms with Crippen molar-refractivity contribution < 1.29 is 4.79 Å². The van der Waals surface area contributed by atoms with Crippen molar-refractivity contribution in [3.05, 3.63) is 29.8 Å². The van der Waals surface area contributed by atoms with Crippen LogP contribution in [0.1, 0.15) is 45.1 Å². The molecule has 1 amide bonds. The van der Waals surface area contributed by atoms with Gasteiger partial charge in [-0.3, -0.25) is 4.79 Å². The number of nitrogens with one attached hydrogen (secondary N) is 1. The Labute approximate surface area is 122 Å². The molecule has 1 aliphatic carbocycles. The molecular weight excluding hydrogens is 248 g/mol. The Bertz CT molecular complexity index is 458. The van der Waals surface area contributed by atoms with Crippen LogP contribution < -0.4 is 5.32 Å². The fourth-order valence-corrected chi connectivity index (χ4v) is 2.89. The van der Waals surface area contributed by atoms with Crippen LogP contribution in [0.2, 0.25) is 0 Å². The van der Waals surface area contributed by atoms with Gasteiger partial charge in [0.15, 0.2) is 0 Å². The molecule has 0 aliphatic heterocycles. The van der Waals surface area contributed by atoms with Crippen LogP contribution in [0, 0.1) is 5.92 Å². The van der Waals surface area contributed by atoms with Crippen molar-refractivity contribution in [3.8, 4) is 0 Å². The molecule has 1 aromatic rings. The van der Waals surface area contributed by atoms with Crippen molar-refractivity contribution in [2.75, 3.05) is 12.4 Å². The maximum Gasteiger partial charge on any atom is 0.219 e. The molecule has 1 N–H and O–H groups in total. The van der Waals surface area contributed by atoms with E-state index in [-0.39, 0.29) is 5.91 Å². The van der Waals surface area contributed by atoms with Gasteiger partial charge in [-0.25, -0.2) is 0 Å². The van der Waals surface area contributed by atoms with Gasteiger partial charge in [0.05, 0.1) is 0 Å². The summed E-state index contributed by atoms with van der Waals surface area (Å²) in [7, 11) is 1.84.